The van der Waals surface area contributed by atoms with E-state index in [0.29, 0.717) is 55.4 Å². The lowest BCUT2D eigenvalue weighted by Crippen LogP contribution is -2.49. The molecule has 1 amide bonds. The van der Waals surface area contributed by atoms with Gasteiger partial charge in [-0.3, -0.25) is 14.5 Å². The number of furan rings is 1. The molecule has 0 unspecified atom stereocenters. The number of piperazine rings is 1. The lowest BCUT2D eigenvalue weighted by molar-refractivity contribution is -0.117. The first-order valence-electron chi connectivity index (χ1n) is 11.5. The van der Waals surface area contributed by atoms with Gasteiger partial charge in [0.1, 0.15) is 23.5 Å². The second-order valence-electron chi connectivity index (χ2n) is 8.75. The van der Waals surface area contributed by atoms with Crippen LogP contribution in [0.25, 0.3) is 0 Å². The molecule has 1 N–H and O–H groups in total. The van der Waals surface area contributed by atoms with E-state index in [1.165, 1.54) is 13.0 Å². The van der Waals surface area contributed by atoms with E-state index in [9.17, 15) is 19.2 Å². The van der Waals surface area contributed by atoms with Crippen molar-refractivity contribution in [1.82, 2.24) is 9.47 Å². The fourth-order valence-corrected chi connectivity index (χ4v) is 4.39. The molecule has 0 radical (unpaired) electrons. The number of carbonyl (C=O) groups excluding carboxylic acids is 2. The third-order valence-corrected chi connectivity index (χ3v) is 6.53. The molecule has 9 heteroatoms. The molecule has 3 heterocycles. The van der Waals surface area contributed by atoms with Crippen LogP contribution in [-0.4, -0.2) is 53.9 Å². The maximum absolute atomic E-state index is 14.5. The number of hydrogen-bond acceptors (Lipinski definition) is 6. The molecule has 0 aliphatic carbocycles. The van der Waals surface area contributed by atoms with Crippen molar-refractivity contribution < 1.29 is 18.4 Å². The van der Waals surface area contributed by atoms with Crippen LogP contribution in [0, 0.1) is 31.0 Å². The van der Waals surface area contributed by atoms with Gasteiger partial charge in [0.25, 0.3) is 0 Å². The molecule has 0 atom stereocenters. The number of hydrogen-bond donors (Lipinski definition) is 1. The van der Waals surface area contributed by atoms with Crippen LogP contribution in [0.2, 0.25) is 0 Å². The van der Waals surface area contributed by atoms with E-state index in [2.05, 4.69) is 11.4 Å². The molecule has 0 saturated carbocycles. The topological polar surface area (TPSA) is 94.5 Å². The average Bonchev–Trinajstić information content (AvgIpc) is 3.42. The molecular weight excluding hydrogens is 449 g/mol. The maximum atomic E-state index is 14.5. The average molecular weight is 478 g/mol. The lowest BCUT2D eigenvalue weighted by Gasteiger charge is -2.35. The van der Waals surface area contributed by atoms with Gasteiger partial charge in [0, 0.05) is 37.4 Å². The molecule has 1 fully saturated rings. The van der Waals surface area contributed by atoms with Crippen molar-refractivity contribution >= 4 is 23.2 Å². The Kier molecular flexibility index (Phi) is 7.03. The lowest BCUT2D eigenvalue weighted by atomic mass is 10.1. The Bertz CT molecular complexity index is 1280. The molecule has 0 bridgehead atoms. The SMILES string of the molecule is CC(=O)c1ccc(N2CCN(CC(=O)Nc3c(C#N)c(C)c(C)n3Cc3ccco3)CC2)c(F)c1. The summed E-state index contributed by atoms with van der Waals surface area (Å²) >= 11 is 0. The number of nitriles is 1. The highest BCUT2D eigenvalue weighted by Crippen LogP contribution is 2.28. The number of nitrogens with one attached hydrogen (secondary N) is 1. The Balaban J connectivity index is 1.40. The number of anilines is 2. The number of carbonyl (C=O) groups is 2. The molecule has 1 saturated heterocycles. The van der Waals surface area contributed by atoms with Crippen LogP contribution in [0.4, 0.5) is 15.9 Å². The van der Waals surface area contributed by atoms with Crippen molar-refractivity contribution in [1.29, 1.82) is 5.26 Å². The molecule has 1 aliphatic rings. The Labute approximate surface area is 203 Å². The van der Waals surface area contributed by atoms with Crippen molar-refractivity contribution in [3.8, 4) is 6.07 Å². The number of aromatic nitrogens is 1. The van der Waals surface area contributed by atoms with Crippen molar-refractivity contribution in [2.45, 2.75) is 27.3 Å². The van der Waals surface area contributed by atoms with E-state index in [0.717, 1.165) is 17.0 Å². The highest BCUT2D eigenvalue weighted by molar-refractivity contribution is 5.94. The summed E-state index contributed by atoms with van der Waals surface area (Å²) in [6.45, 7) is 8.03. The van der Waals surface area contributed by atoms with E-state index < -0.39 is 5.82 Å². The molecule has 35 heavy (non-hydrogen) atoms. The Hall–Kier alpha value is -3.90. The second kappa shape index (κ2) is 10.2. The van der Waals surface area contributed by atoms with Crippen LogP contribution in [0.1, 0.15) is 39.9 Å². The number of halogens is 1. The molecule has 4 rings (SSSR count). The fraction of sp³-hybridized carbons (Fsp3) is 0.346. The van der Waals surface area contributed by atoms with Crippen molar-refractivity contribution in [2.75, 3.05) is 42.9 Å². The van der Waals surface area contributed by atoms with E-state index in [1.807, 2.05) is 34.3 Å². The summed E-state index contributed by atoms with van der Waals surface area (Å²) < 4.78 is 21.9. The van der Waals surface area contributed by atoms with Crippen molar-refractivity contribution in [2.24, 2.45) is 0 Å². The molecule has 0 spiro atoms. The van der Waals surface area contributed by atoms with Gasteiger partial charge in [-0.2, -0.15) is 5.26 Å². The number of benzene rings is 1. The Morgan fingerprint density at radius 3 is 2.51 bits per heavy atom. The second-order valence-corrected chi connectivity index (χ2v) is 8.75. The zero-order valence-corrected chi connectivity index (χ0v) is 20.1. The van der Waals surface area contributed by atoms with E-state index in [4.69, 9.17) is 4.42 Å². The van der Waals surface area contributed by atoms with Gasteiger partial charge >= 0.3 is 0 Å². The fourth-order valence-electron chi connectivity index (χ4n) is 4.39. The molecule has 2 aromatic heterocycles. The molecule has 182 valence electrons. The maximum Gasteiger partial charge on any atom is 0.239 e. The summed E-state index contributed by atoms with van der Waals surface area (Å²) in [5.74, 6) is 0.380. The van der Waals surface area contributed by atoms with Gasteiger partial charge in [-0.25, -0.2) is 4.39 Å². The largest absolute Gasteiger partial charge is 0.467 e. The van der Waals surface area contributed by atoms with Crippen LogP contribution in [0.15, 0.2) is 41.0 Å². The first kappa shape index (κ1) is 24.2. The molecular formula is C26H28FN5O3. The number of ketones is 1. The zero-order valence-electron chi connectivity index (χ0n) is 20.1. The normalized spacial score (nSPS) is 14.1. The van der Waals surface area contributed by atoms with Gasteiger partial charge in [0.2, 0.25) is 5.91 Å². The van der Waals surface area contributed by atoms with Crippen molar-refractivity contribution in [3.63, 3.8) is 0 Å². The van der Waals surface area contributed by atoms with E-state index in [-0.39, 0.29) is 18.2 Å². The predicted molar refractivity (Wildman–Crippen MR) is 130 cm³/mol. The highest BCUT2D eigenvalue weighted by atomic mass is 19.1. The minimum atomic E-state index is -0.420. The first-order chi connectivity index (χ1) is 16.8. The summed E-state index contributed by atoms with van der Waals surface area (Å²) in [4.78, 5) is 28.3. The van der Waals surface area contributed by atoms with Crippen LogP contribution in [-0.2, 0) is 11.3 Å². The van der Waals surface area contributed by atoms with Crippen LogP contribution in [0.5, 0.6) is 0 Å². The van der Waals surface area contributed by atoms with Gasteiger partial charge in [-0.05, 0) is 56.7 Å². The summed E-state index contributed by atoms with van der Waals surface area (Å²) in [6.07, 6.45) is 1.59. The smallest absolute Gasteiger partial charge is 0.239 e. The van der Waals surface area contributed by atoms with E-state index >= 15 is 0 Å². The minimum absolute atomic E-state index is 0.161. The minimum Gasteiger partial charge on any atom is -0.467 e. The Morgan fingerprint density at radius 2 is 1.91 bits per heavy atom. The predicted octanol–water partition coefficient (Wildman–Crippen LogP) is 3.72. The third-order valence-electron chi connectivity index (χ3n) is 6.53. The van der Waals surface area contributed by atoms with Crippen LogP contribution < -0.4 is 10.2 Å². The number of rotatable bonds is 7. The zero-order chi connectivity index (χ0) is 25.1. The monoisotopic (exact) mass is 477 g/mol. The summed E-state index contributed by atoms with van der Waals surface area (Å²) in [5.41, 5.74) is 2.96. The number of amides is 1. The number of nitrogens with zero attached hydrogens (tertiary/aromatic N) is 4. The summed E-state index contributed by atoms with van der Waals surface area (Å²) in [6, 6.07) is 10.4. The summed E-state index contributed by atoms with van der Waals surface area (Å²) in [7, 11) is 0. The molecule has 1 aliphatic heterocycles. The van der Waals surface area contributed by atoms with Crippen LogP contribution >= 0.6 is 0 Å². The van der Waals surface area contributed by atoms with Gasteiger partial charge < -0.3 is 19.2 Å². The molecule has 8 nitrogen and oxygen atoms in total. The number of Topliss-reactive ketones (excluding diaryl/α,β-unsaturated/α-hetero) is 1. The molecule has 1 aromatic carbocycles. The standard InChI is InChI=1S/C26H28FN5O3/c1-17-18(2)32(15-21-5-4-12-35-21)26(22(17)14-28)29-25(34)16-30-8-10-31(11-9-30)24-7-6-20(19(3)33)13-23(24)27/h4-7,12-13H,8-11,15-16H2,1-3H3,(H,29,34). The van der Waals surface area contributed by atoms with Crippen molar-refractivity contribution in [3.05, 3.63) is 70.6 Å². The highest BCUT2D eigenvalue weighted by Gasteiger charge is 2.24. The summed E-state index contributed by atoms with van der Waals surface area (Å²) in [5, 5.41) is 12.6. The molecule has 3 aromatic rings. The first-order valence-corrected chi connectivity index (χ1v) is 11.5. The van der Waals surface area contributed by atoms with E-state index in [1.54, 1.807) is 24.5 Å². The van der Waals surface area contributed by atoms with Gasteiger partial charge in [0.15, 0.2) is 5.78 Å². The van der Waals surface area contributed by atoms with Gasteiger partial charge in [-0.1, -0.05) is 0 Å². The van der Waals surface area contributed by atoms with Gasteiger partial charge in [-0.15, -0.1) is 0 Å². The third kappa shape index (κ3) is 5.12. The van der Waals surface area contributed by atoms with Crippen LogP contribution in [0.3, 0.4) is 0 Å². The van der Waals surface area contributed by atoms with Gasteiger partial charge in [0.05, 0.1) is 30.6 Å². The Morgan fingerprint density at radius 1 is 1.17 bits per heavy atom. The quantitative estimate of drug-likeness (QED) is 0.521.